The summed E-state index contributed by atoms with van der Waals surface area (Å²) in [6.07, 6.45) is 2.00. The monoisotopic (exact) mass is 371 g/mol. The van der Waals surface area contributed by atoms with Crippen LogP contribution < -0.4 is 0 Å². The van der Waals surface area contributed by atoms with Crippen molar-refractivity contribution in [2.24, 2.45) is 0 Å². The largest absolute Gasteiger partial charge is 0.481 e. The normalized spacial score (nSPS) is 14.4. The number of carboxylic acids is 1. The van der Waals surface area contributed by atoms with Crippen LogP contribution in [0.2, 0.25) is 0 Å². The van der Waals surface area contributed by atoms with Gasteiger partial charge in [-0.25, -0.2) is 4.39 Å². The fraction of sp³-hybridized carbons (Fsp3) is 0.308. The Morgan fingerprint density at radius 2 is 2.24 bits per heavy atom. The van der Waals surface area contributed by atoms with Gasteiger partial charge < -0.3 is 5.11 Å². The maximum Gasteiger partial charge on any atom is 0.313 e. The fourth-order valence-electron chi connectivity index (χ4n) is 2.02. The van der Waals surface area contributed by atoms with E-state index < -0.39 is 5.97 Å². The number of aromatic nitrogens is 3. The number of carboxylic acid groups (broad SMARTS) is 1. The zero-order valence-electron chi connectivity index (χ0n) is 10.8. The SMILES string of the molecule is O=C(O)CSc1nnc(-c2cc(F)ccc2Br)n1C1CC1. The van der Waals surface area contributed by atoms with E-state index in [1.807, 2.05) is 4.57 Å². The van der Waals surface area contributed by atoms with Gasteiger partial charge in [0.25, 0.3) is 0 Å². The zero-order valence-corrected chi connectivity index (χ0v) is 13.2. The number of hydrogen-bond donors (Lipinski definition) is 1. The second kappa shape index (κ2) is 5.76. The molecule has 5 nitrogen and oxygen atoms in total. The number of carbonyl (C=O) groups is 1. The average molecular weight is 372 g/mol. The third kappa shape index (κ3) is 3.11. The van der Waals surface area contributed by atoms with Crippen LogP contribution in [0.4, 0.5) is 4.39 Å². The molecular weight excluding hydrogens is 361 g/mol. The Morgan fingerprint density at radius 1 is 1.48 bits per heavy atom. The van der Waals surface area contributed by atoms with Crippen molar-refractivity contribution in [3.8, 4) is 11.4 Å². The van der Waals surface area contributed by atoms with Crippen molar-refractivity contribution in [1.82, 2.24) is 14.8 Å². The lowest BCUT2D eigenvalue weighted by molar-refractivity contribution is -0.133. The molecular formula is C13H11BrFN3O2S. The average Bonchev–Trinajstić information content (AvgIpc) is 3.19. The second-order valence-electron chi connectivity index (χ2n) is 4.71. The van der Waals surface area contributed by atoms with E-state index in [1.165, 1.54) is 12.1 Å². The van der Waals surface area contributed by atoms with Crippen molar-refractivity contribution in [2.75, 3.05) is 5.75 Å². The summed E-state index contributed by atoms with van der Waals surface area (Å²) in [4.78, 5) is 10.7. The fourth-order valence-corrected chi connectivity index (χ4v) is 3.17. The van der Waals surface area contributed by atoms with Gasteiger partial charge in [-0.15, -0.1) is 10.2 Å². The highest BCUT2D eigenvalue weighted by molar-refractivity contribution is 9.10. The maximum absolute atomic E-state index is 13.5. The van der Waals surface area contributed by atoms with Gasteiger partial charge >= 0.3 is 5.97 Å². The lowest BCUT2D eigenvalue weighted by atomic mass is 10.2. The molecule has 1 fully saturated rings. The summed E-state index contributed by atoms with van der Waals surface area (Å²) in [6, 6.07) is 4.66. The molecule has 1 aromatic heterocycles. The molecule has 0 atom stereocenters. The van der Waals surface area contributed by atoms with Crippen LogP contribution in [0.25, 0.3) is 11.4 Å². The van der Waals surface area contributed by atoms with Gasteiger partial charge in [-0.1, -0.05) is 27.7 Å². The van der Waals surface area contributed by atoms with E-state index in [0.717, 1.165) is 29.1 Å². The van der Waals surface area contributed by atoms with Crippen molar-refractivity contribution in [3.05, 3.63) is 28.5 Å². The summed E-state index contributed by atoms with van der Waals surface area (Å²) in [7, 11) is 0. The Morgan fingerprint density at radius 3 is 2.90 bits per heavy atom. The lowest BCUT2D eigenvalue weighted by Crippen LogP contribution is -2.03. The van der Waals surface area contributed by atoms with Gasteiger partial charge in [-0.05, 0) is 31.0 Å². The highest BCUT2D eigenvalue weighted by Crippen LogP contribution is 2.42. The summed E-state index contributed by atoms with van der Waals surface area (Å²) < 4.78 is 16.1. The molecule has 1 saturated carbocycles. The summed E-state index contributed by atoms with van der Waals surface area (Å²) in [5.41, 5.74) is 0.622. The molecule has 2 aromatic rings. The molecule has 1 aliphatic rings. The van der Waals surface area contributed by atoms with E-state index in [9.17, 15) is 9.18 Å². The van der Waals surface area contributed by atoms with E-state index >= 15 is 0 Å². The zero-order chi connectivity index (χ0) is 15.0. The molecule has 0 radical (unpaired) electrons. The Bertz CT molecular complexity index is 703. The summed E-state index contributed by atoms with van der Waals surface area (Å²) >= 11 is 4.52. The van der Waals surface area contributed by atoms with Gasteiger partial charge in [-0.2, -0.15) is 0 Å². The number of nitrogens with zero attached hydrogens (tertiary/aromatic N) is 3. The van der Waals surface area contributed by atoms with Crippen LogP contribution in [0.3, 0.4) is 0 Å². The first-order chi connectivity index (χ1) is 10.1. The van der Waals surface area contributed by atoms with Gasteiger partial charge in [0.1, 0.15) is 5.82 Å². The molecule has 110 valence electrons. The van der Waals surface area contributed by atoms with Crippen LogP contribution >= 0.6 is 27.7 Å². The van der Waals surface area contributed by atoms with Crippen molar-refractivity contribution < 1.29 is 14.3 Å². The van der Waals surface area contributed by atoms with E-state index in [1.54, 1.807) is 6.07 Å². The van der Waals surface area contributed by atoms with E-state index in [4.69, 9.17) is 5.11 Å². The quantitative estimate of drug-likeness (QED) is 0.816. The predicted octanol–water partition coefficient (Wildman–Crippen LogP) is 3.36. The maximum atomic E-state index is 13.5. The van der Waals surface area contributed by atoms with Gasteiger partial charge in [0.15, 0.2) is 11.0 Å². The summed E-state index contributed by atoms with van der Waals surface area (Å²) in [6.45, 7) is 0. The molecule has 1 aliphatic carbocycles. The van der Waals surface area contributed by atoms with Crippen LogP contribution in [0.15, 0.2) is 27.8 Å². The summed E-state index contributed by atoms with van der Waals surface area (Å²) in [5.74, 6) is -0.760. The molecule has 0 saturated heterocycles. The van der Waals surface area contributed by atoms with Crippen molar-refractivity contribution in [1.29, 1.82) is 0 Å². The molecule has 21 heavy (non-hydrogen) atoms. The number of aliphatic carboxylic acids is 1. The number of benzene rings is 1. The number of halogens is 2. The number of rotatable bonds is 5. The van der Waals surface area contributed by atoms with Crippen LogP contribution in [0, 0.1) is 5.82 Å². The van der Waals surface area contributed by atoms with E-state index in [-0.39, 0.29) is 17.6 Å². The molecule has 1 N–H and O–H groups in total. The van der Waals surface area contributed by atoms with Gasteiger partial charge in [0.05, 0.1) is 5.75 Å². The third-order valence-corrected chi connectivity index (χ3v) is 4.69. The smallest absolute Gasteiger partial charge is 0.313 e. The minimum atomic E-state index is -0.904. The first-order valence-electron chi connectivity index (χ1n) is 6.31. The molecule has 3 rings (SSSR count). The standard InChI is InChI=1S/C13H11BrFN3O2S/c14-10-4-1-7(15)5-9(10)12-16-17-13(21-6-11(19)20)18(12)8-2-3-8/h1,4-5,8H,2-3,6H2,(H,19,20). The molecule has 0 aliphatic heterocycles. The van der Waals surface area contributed by atoms with Crippen LogP contribution in [-0.2, 0) is 4.79 Å². The highest BCUT2D eigenvalue weighted by atomic mass is 79.9. The summed E-state index contributed by atoms with van der Waals surface area (Å²) in [5, 5.41) is 17.5. The van der Waals surface area contributed by atoms with Gasteiger partial charge in [0, 0.05) is 16.1 Å². The molecule has 0 spiro atoms. The molecule has 0 unspecified atom stereocenters. The molecule has 1 heterocycles. The molecule has 0 bridgehead atoms. The van der Waals surface area contributed by atoms with Crippen LogP contribution in [-0.4, -0.2) is 31.6 Å². The Labute approximate surface area is 132 Å². The molecule has 0 amide bonds. The van der Waals surface area contributed by atoms with E-state index in [0.29, 0.717) is 16.5 Å². The predicted molar refractivity (Wildman–Crippen MR) is 79.7 cm³/mol. The second-order valence-corrected chi connectivity index (χ2v) is 6.51. The first kappa shape index (κ1) is 14.5. The number of thioether (sulfide) groups is 1. The number of hydrogen-bond acceptors (Lipinski definition) is 4. The Kier molecular flexibility index (Phi) is 3.99. The van der Waals surface area contributed by atoms with Crippen LogP contribution in [0.1, 0.15) is 18.9 Å². The van der Waals surface area contributed by atoms with Crippen molar-refractivity contribution in [3.63, 3.8) is 0 Å². The third-order valence-electron chi connectivity index (χ3n) is 3.07. The van der Waals surface area contributed by atoms with Gasteiger partial charge in [0.2, 0.25) is 0 Å². The highest BCUT2D eigenvalue weighted by Gasteiger charge is 2.31. The minimum Gasteiger partial charge on any atom is -0.481 e. The van der Waals surface area contributed by atoms with Crippen molar-refractivity contribution >= 4 is 33.7 Å². The Balaban J connectivity index is 2.02. The topological polar surface area (TPSA) is 68.0 Å². The lowest BCUT2D eigenvalue weighted by Gasteiger charge is -2.09. The minimum absolute atomic E-state index is 0.0742. The Hall–Kier alpha value is -1.41. The van der Waals surface area contributed by atoms with Crippen molar-refractivity contribution in [2.45, 2.75) is 24.0 Å². The first-order valence-corrected chi connectivity index (χ1v) is 8.09. The molecule has 8 heteroatoms. The van der Waals surface area contributed by atoms with Gasteiger partial charge in [-0.3, -0.25) is 9.36 Å². The van der Waals surface area contributed by atoms with E-state index in [2.05, 4.69) is 26.1 Å². The van der Waals surface area contributed by atoms with Crippen LogP contribution in [0.5, 0.6) is 0 Å². The molecule has 1 aromatic carbocycles.